The summed E-state index contributed by atoms with van der Waals surface area (Å²) in [5.41, 5.74) is 1.03. The Morgan fingerprint density at radius 1 is 1.07 bits per heavy atom. The molecule has 2 aromatic carbocycles. The summed E-state index contributed by atoms with van der Waals surface area (Å²) in [7, 11) is 4.93. The molecule has 156 valence electrons. The predicted octanol–water partition coefficient (Wildman–Crippen LogP) is 3.94. The molecule has 1 heterocycles. The van der Waals surface area contributed by atoms with Crippen LogP contribution in [0.4, 0.5) is 0 Å². The van der Waals surface area contributed by atoms with Gasteiger partial charge in [0.05, 0.1) is 14.2 Å². The normalized spacial score (nSPS) is 12.2. The second-order valence-electron chi connectivity index (χ2n) is 6.20. The van der Waals surface area contributed by atoms with Gasteiger partial charge in [0, 0.05) is 29.7 Å². The molecule has 0 amide bonds. The van der Waals surface area contributed by atoms with E-state index in [4.69, 9.17) is 9.47 Å². The Bertz CT molecular complexity index is 928. The standard InChI is InChI=1S/C21H25N3O3S.HI/c1-22-21(23-12-14-8-9-17(26-2)18(10-14)27-3)24-13-16(25)20-11-15-6-4-5-7-19(15)28-20;/h4-11,16,25H,12-13H2,1-3H3,(H2,22,23,24);1H. The van der Waals surface area contributed by atoms with Gasteiger partial charge in [-0.2, -0.15) is 0 Å². The molecule has 1 aromatic heterocycles. The number of rotatable bonds is 7. The first-order chi connectivity index (χ1) is 13.6. The number of hydrogen-bond donors (Lipinski definition) is 3. The monoisotopic (exact) mass is 527 g/mol. The Morgan fingerprint density at radius 3 is 2.52 bits per heavy atom. The van der Waals surface area contributed by atoms with Crippen molar-refractivity contribution in [3.8, 4) is 11.5 Å². The average Bonchev–Trinajstić information content (AvgIpc) is 3.17. The first-order valence-corrected chi connectivity index (χ1v) is 9.78. The summed E-state index contributed by atoms with van der Waals surface area (Å²) in [6, 6.07) is 15.9. The third kappa shape index (κ3) is 5.97. The molecule has 0 aliphatic carbocycles. The van der Waals surface area contributed by atoms with E-state index in [1.807, 2.05) is 36.4 Å². The van der Waals surface area contributed by atoms with Gasteiger partial charge < -0.3 is 25.2 Å². The number of guanidine groups is 1. The van der Waals surface area contributed by atoms with Gasteiger partial charge in [0.25, 0.3) is 0 Å². The van der Waals surface area contributed by atoms with Crippen LogP contribution in [0.3, 0.4) is 0 Å². The number of fused-ring (bicyclic) bond motifs is 1. The van der Waals surface area contributed by atoms with Crippen LogP contribution in [0.1, 0.15) is 16.5 Å². The molecule has 0 fully saturated rings. The van der Waals surface area contributed by atoms with E-state index in [-0.39, 0.29) is 24.0 Å². The maximum atomic E-state index is 10.5. The van der Waals surface area contributed by atoms with Crippen LogP contribution >= 0.6 is 35.3 Å². The van der Waals surface area contributed by atoms with Gasteiger partial charge in [-0.25, -0.2) is 0 Å². The Morgan fingerprint density at radius 2 is 1.83 bits per heavy atom. The molecule has 0 spiro atoms. The highest BCUT2D eigenvalue weighted by molar-refractivity contribution is 14.0. The first-order valence-electron chi connectivity index (χ1n) is 8.96. The van der Waals surface area contributed by atoms with E-state index < -0.39 is 6.10 Å². The van der Waals surface area contributed by atoms with Crippen molar-refractivity contribution in [3.63, 3.8) is 0 Å². The van der Waals surface area contributed by atoms with Crippen LogP contribution < -0.4 is 20.1 Å². The predicted molar refractivity (Wildman–Crippen MR) is 130 cm³/mol. The van der Waals surface area contributed by atoms with Gasteiger partial charge in [0.2, 0.25) is 0 Å². The van der Waals surface area contributed by atoms with Gasteiger partial charge in [-0.05, 0) is 35.2 Å². The smallest absolute Gasteiger partial charge is 0.191 e. The van der Waals surface area contributed by atoms with E-state index in [0.717, 1.165) is 15.8 Å². The number of aliphatic hydroxyl groups excluding tert-OH is 1. The van der Waals surface area contributed by atoms with E-state index in [9.17, 15) is 5.11 Å². The number of halogens is 1. The van der Waals surface area contributed by atoms with Crippen LogP contribution in [0.15, 0.2) is 53.5 Å². The fourth-order valence-corrected chi connectivity index (χ4v) is 3.91. The molecular formula is C21H26IN3O3S. The topological polar surface area (TPSA) is 75.1 Å². The van der Waals surface area contributed by atoms with Gasteiger partial charge in [0.1, 0.15) is 6.10 Å². The zero-order valence-corrected chi connectivity index (χ0v) is 19.8. The van der Waals surface area contributed by atoms with Crippen molar-refractivity contribution in [1.29, 1.82) is 0 Å². The summed E-state index contributed by atoms with van der Waals surface area (Å²) in [5.74, 6) is 2.00. The molecule has 0 saturated heterocycles. The van der Waals surface area contributed by atoms with Crippen molar-refractivity contribution >= 4 is 51.4 Å². The van der Waals surface area contributed by atoms with E-state index in [1.165, 1.54) is 4.70 Å². The number of nitrogens with zero attached hydrogens (tertiary/aromatic N) is 1. The van der Waals surface area contributed by atoms with Gasteiger partial charge in [0.15, 0.2) is 17.5 Å². The van der Waals surface area contributed by atoms with E-state index in [0.29, 0.717) is 30.5 Å². The second-order valence-corrected chi connectivity index (χ2v) is 7.31. The van der Waals surface area contributed by atoms with E-state index in [1.54, 1.807) is 32.6 Å². The van der Waals surface area contributed by atoms with Crippen molar-refractivity contribution < 1.29 is 14.6 Å². The minimum absolute atomic E-state index is 0. The lowest BCUT2D eigenvalue weighted by Crippen LogP contribution is -2.38. The molecule has 0 aliphatic rings. The largest absolute Gasteiger partial charge is 0.493 e. The fraction of sp³-hybridized carbons (Fsp3) is 0.286. The molecule has 6 nitrogen and oxygen atoms in total. The molecular weight excluding hydrogens is 501 g/mol. The van der Waals surface area contributed by atoms with Gasteiger partial charge in [-0.1, -0.05) is 24.3 Å². The number of nitrogens with one attached hydrogen (secondary N) is 2. The average molecular weight is 527 g/mol. The maximum absolute atomic E-state index is 10.5. The molecule has 29 heavy (non-hydrogen) atoms. The summed E-state index contributed by atoms with van der Waals surface area (Å²) >= 11 is 1.61. The number of aliphatic imine (C=N–C) groups is 1. The van der Waals surface area contributed by atoms with Gasteiger partial charge in [-0.3, -0.25) is 4.99 Å². The van der Waals surface area contributed by atoms with Gasteiger partial charge in [-0.15, -0.1) is 35.3 Å². The molecule has 3 aromatic rings. The van der Waals surface area contributed by atoms with Crippen molar-refractivity contribution in [2.24, 2.45) is 4.99 Å². The summed E-state index contributed by atoms with van der Waals surface area (Å²) in [6.45, 7) is 0.942. The highest BCUT2D eigenvalue weighted by atomic mass is 127. The van der Waals surface area contributed by atoms with E-state index >= 15 is 0 Å². The van der Waals surface area contributed by atoms with E-state index in [2.05, 4.69) is 27.8 Å². The molecule has 0 radical (unpaired) electrons. The molecule has 0 aliphatic heterocycles. The Labute approximate surface area is 192 Å². The van der Waals surface area contributed by atoms with Crippen LogP contribution in [-0.4, -0.2) is 38.9 Å². The van der Waals surface area contributed by atoms with Crippen LogP contribution in [0, 0.1) is 0 Å². The lowest BCUT2D eigenvalue weighted by molar-refractivity contribution is 0.184. The quantitative estimate of drug-likeness (QED) is 0.247. The third-order valence-electron chi connectivity index (χ3n) is 4.37. The minimum atomic E-state index is -0.600. The Hall–Kier alpha value is -2.04. The van der Waals surface area contributed by atoms with Crippen molar-refractivity contribution in [1.82, 2.24) is 10.6 Å². The first kappa shape index (κ1) is 23.2. The highest BCUT2D eigenvalue weighted by Crippen LogP contribution is 2.29. The number of benzene rings is 2. The van der Waals surface area contributed by atoms with Crippen LogP contribution in [0.5, 0.6) is 11.5 Å². The summed E-state index contributed by atoms with van der Waals surface area (Å²) in [5, 5.41) is 18.1. The SMILES string of the molecule is CN=C(NCc1ccc(OC)c(OC)c1)NCC(O)c1cc2ccccc2s1.I. The number of methoxy groups -OCH3 is 2. The number of hydrogen-bond acceptors (Lipinski definition) is 5. The maximum Gasteiger partial charge on any atom is 0.191 e. The molecule has 3 N–H and O–H groups in total. The zero-order chi connectivity index (χ0) is 19.9. The second kappa shape index (κ2) is 11.2. The highest BCUT2D eigenvalue weighted by Gasteiger charge is 2.12. The van der Waals surface area contributed by atoms with Crippen molar-refractivity contribution in [2.45, 2.75) is 12.6 Å². The lowest BCUT2D eigenvalue weighted by Gasteiger charge is -2.15. The van der Waals surface area contributed by atoms with Crippen molar-refractivity contribution in [3.05, 3.63) is 59.0 Å². The number of thiophene rings is 1. The molecule has 0 bridgehead atoms. The Kier molecular flexibility index (Phi) is 8.99. The molecule has 0 saturated carbocycles. The fourth-order valence-electron chi connectivity index (χ4n) is 2.86. The number of aliphatic hydroxyl groups is 1. The minimum Gasteiger partial charge on any atom is -0.493 e. The Balaban J connectivity index is 0.00000300. The summed E-state index contributed by atoms with van der Waals surface area (Å²) in [6.07, 6.45) is -0.600. The van der Waals surface area contributed by atoms with Crippen LogP contribution in [0.2, 0.25) is 0 Å². The lowest BCUT2D eigenvalue weighted by atomic mass is 10.2. The molecule has 3 rings (SSSR count). The van der Waals surface area contributed by atoms with Gasteiger partial charge >= 0.3 is 0 Å². The van der Waals surface area contributed by atoms with Crippen molar-refractivity contribution in [2.75, 3.05) is 27.8 Å². The third-order valence-corrected chi connectivity index (χ3v) is 5.58. The van der Waals surface area contributed by atoms with Crippen LogP contribution in [0.25, 0.3) is 10.1 Å². The summed E-state index contributed by atoms with van der Waals surface area (Å²) < 4.78 is 11.8. The molecule has 8 heteroatoms. The summed E-state index contributed by atoms with van der Waals surface area (Å²) in [4.78, 5) is 5.15. The number of ether oxygens (including phenoxy) is 2. The molecule has 1 unspecified atom stereocenters. The zero-order valence-electron chi connectivity index (χ0n) is 16.6. The molecule has 1 atom stereocenters. The van der Waals surface area contributed by atoms with Crippen LogP contribution in [-0.2, 0) is 6.54 Å².